The predicted octanol–water partition coefficient (Wildman–Crippen LogP) is 5.83. The molecule has 1 rings (SSSR count). The molecule has 0 saturated heterocycles. The molecule has 0 saturated carbocycles. The van der Waals surface area contributed by atoms with Crippen LogP contribution in [0.15, 0.2) is 35.5 Å². The minimum Gasteiger partial charge on any atom is -0.467 e. The molecule has 0 spiro atoms. The molecule has 25 heavy (non-hydrogen) atoms. The summed E-state index contributed by atoms with van der Waals surface area (Å²) in [6.07, 6.45) is 7.87. The largest absolute Gasteiger partial charge is 0.467 e. The summed E-state index contributed by atoms with van der Waals surface area (Å²) in [5, 5.41) is 0. The summed E-state index contributed by atoms with van der Waals surface area (Å²) in [5.74, 6) is 1.38. The molecular formula is C22H35NO2. The van der Waals surface area contributed by atoms with E-state index in [1.54, 1.807) is 7.11 Å². The Bertz CT molecular complexity index is 588. The molecule has 1 unspecified atom stereocenters. The van der Waals surface area contributed by atoms with Crippen molar-refractivity contribution in [2.45, 2.75) is 52.9 Å². The van der Waals surface area contributed by atoms with Gasteiger partial charge < -0.3 is 14.4 Å². The maximum atomic E-state index is 5.86. The molecule has 3 nitrogen and oxygen atoms in total. The first kappa shape index (κ1) is 21.3. The minimum absolute atomic E-state index is 0.261. The number of benzene rings is 1. The van der Waals surface area contributed by atoms with E-state index in [1.807, 2.05) is 6.07 Å². The van der Waals surface area contributed by atoms with E-state index in [9.17, 15) is 0 Å². The molecule has 0 heterocycles. The Kier molecular flexibility index (Phi) is 9.36. The number of ether oxygens (including phenoxy) is 2. The van der Waals surface area contributed by atoms with Gasteiger partial charge in [-0.1, -0.05) is 45.4 Å². The van der Waals surface area contributed by atoms with Crippen LogP contribution in [0.2, 0.25) is 0 Å². The molecular weight excluding hydrogens is 310 g/mol. The molecule has 0 aromatic heterocycles. The molecule has 0 radical (unpaired) electrons. The maximum Gasteiger partial charge on any atom is 0.188 e. The van der Waals surface area contributed by atoms with E-state index >= 15 is 0 Å². The van der Waals surface area contributed by atoms with Gasteiger partial charge in [-0.05, 0) is 49.0 Å². The van der Waals surface area contributed by atoms with Crippen molar-refractivity contribution in [3.05, 3.63) is 46.7 Å². The predicted molar refractivity (Wildman–Crippen MR) is 108 cm³/mol. The van der Waals surface area contributed by atoms with Crippen LogP contribution in [0.4, 0.5) is 0 Å². The molecule has 3 heteroatoms. The van der Waals surface area contributed by atoms with E-state index in [0.29, 0.717) is 5.92 Å². The fourth-order valence-corrected chi connectivity index (χ4v) is 3.16. The highest BCUT2D eigenvalue weighted by molar-refractivity contribution is 5.66. The fraction of sp³-hybridized carbons (Fsp3) is 0.545. The van der Waals surface area contributed by atoms with E-state index in [0.717, 1.165) is 12.2 Å². The highest BCUT2D eigenvalue weighted by Crippen LogP contribution is 2.33. The molecule has 0 fully saturated rings. The van der Waals surface area contributed by atoms with Crippen molar-refractivity contribution in [2.24, 2.45) is 0 Å². The second kappa shape index (κ2) is 11.0. The number of nitrogens with zero attached hydrogens (tertiary/aromatic N) is 1. The molecule has 0 N–H and O–H groups in total. The summed E-state index contributed by atoms with van der Waals surface area (Å²) in [4.78, 5) is 2.17. The van der Waals surface area contributed by atoms with Gasteiger partial charge in [-0.25, -0.2) is 0 Å². The van der Waals surface area contributed by atoms with Gasteiger partial charge in [0.05, 0.1) is 0 Å². The SMILES string of the molecule is CC/C=C(\C(C)=C\c1c(OCOC)cccc1C(C)CCC)N(C)C. The van der Waals surface area contributed by atoms with Crippen LogP contribution in [0, 0.1) is 0 Å². The Morgan fingerprint density at radius 3 is 2.52 bits per heavy atom. The third-order valence-electron chi connectivity index (χ3n) is 4.33. The Labute approximate surface area is 154 Å². The number of allylic oxidation sites excluding steroid dienone is 2. The minimum atomic E-state index is 0.261. The zero-order chi connectivity index (χ0) is 18.8. The van der Waals surface area contributed by atoms with Crippen molar-refractivity contribution >= 4 is 6.08 Å². The average molecular weight is 346 g/mol. The first-order chi connectivity index (χ1) is 12.0. The first-order valence-electron chi connectivity index (χ1n) is 9.26. The standard InChI is InChI=1S/C22H35NO2/c1-8-11-17(3)19-13-10-14-22(25-16-24-7)20(19)15-18(4)21(12-9-2)23(5)6/h10,12-15,17H,8-9,11,16H2,1-7H3/b18-15+,21-12+. The first-order valence-corrected chi connectivity index (χ1v) is 9.26. The number of methoxy groups -OCH3 is 1. The van der Waals surface area contributed by atoms with Crippen LogP contribution in [-0.4, -0.2) is 32.9 Å². The molecule has 1 aromatic carbocycles. The van der Waals surface area contributed by atoms with E-state index in [1.165, 1.54) is 35.2 Å². The maximum absolute atomic E-state index is 5.86. The second-order valence-corrected chi connectivity index (χ2v) is 6.72. The van der Waals surface area contributed by atoms with Gasteiger partial charge in [-0.2, -0.15) is 0 Å². The molecule has 0 aliphatic heterocycles. The lowest BCUT2D eigenvalue weighted by atomic mass is 9.90. The molecule has 1 atom stereocenters. The van der Waals surface area contributed by atoms with Crippen LogP contribution in [0.3, 0.4) is 0 Å². The molecule has 0 aliphatic carbocycles. The number of hydrogen-bond donors (Lipinski definition) is 0. The Morgan fingerprint density at radius 1 is 1.24 bits per heavy atom. The number of rotatable bonds is 10. The van der Waals surface area contributed by atoms with Gasteiger partial charge in [0.25, 0.3) is 0 Å². The van der Waals surface area contributed by atoms with Crippen molar-refractivity contribution < 1.29 is 9.47 Å². The lowest BCUT2D eigenvalue weighted by Crippen LogP contribution is -2.12. The van der Waals surface area contributed by atoms with E-state index < -0.39 is 0 Å². The van der Waals surface area contributed by atoms with Crippen molar-refractivity contribution in [3.8, 4) is 5.75 Å². The van der Waals surface area contributed by atoms with Crippen LogP contribution in [-0.2, 0) is 4.74 Å². The third-order valence-corrected chi connectivity index (χ3v) is 4.33. The van der Waals surface area contributed by atoms with Crippen LogP contribution < -0.4 is 4.74 Å². The van der Waals surface area contributed by atoms with Crippen LogP contribution in [0.5, 0.6) is 5.75 Å². The van der Waals surface area contributed by atoms with Gasteiger partial charge in [0, 0.05) is 32.5 Å². The van der Waals surface area contributed by atoms with Gasteiger partial charge in [0.15, 0.2) is 6.79 Å². The summed E-state index contributed by atoms with van der Waals surface area (Å²) in [5.41, 5.74) is 5.00. The van der Waals surface area contributed by atoms with Crippen molar-refractivity contribution in [2.75, 3.05) is 28.0 Å². The van der Waals surface area contributed by atoms with Crippen LogP contribution in [0.25, 0.3) is 6.08 Å². The Balaban J connectivity index is 3.41. The van der Waals surface area contributed by atoms with Crippen LogP contribution >= 0.6 is 0 Å². The van der Waals surface area contributed by atoms with E-state index in [2.05, 4.69) is 71.0 Å². The zero-order valence-corrected chi connectivity index (χ0v) is 17.1. The molecule has 0 bridgehead atoms. The Hall–Kier alpha value is -1.74. The van der Waals surface area contributed by atoms with Crippen molar-refractivity contribution in [1.82, 2.24) is 4.90 Å². The van der Waals surface area contributed by atoms with Gasteiger partial charge in [-0.3, -0.25) is 0 Å². The second-order valence-electron chi connectivity index (χ2n) is 6.72. The topological polar surface area (TPSA) is 21.7 Å². The normalized spacial score (nSPS) is 13.7. The zero-order valence-electron chi connectivity index (χ0n) is 17.1. The highest BCUT2D eigenvalue weighted by Gasteiger charge is 2.14. The smallest absolute Gasteiger partial charge is 0.188 e. The van der Waals surface area contributed by atoms with Gasteiger partial charge in [0.1, 0.15) is 5.75 Å². The quantitative estimate of drug-likeness (QED) is 0.393. The van der Waals surface area contributed by atoms with Crippen molar-refractivity contribution in [3.63, 3.8) is 0 Å². The van der Waals surface area contributed by atoms with E-state index in [-0.39, 0.29) is 6.79 Å². The summed E-state index contributed by atoms with van der Waals surface area (Å²) in [7, 11) is 5.83. The average Bonchev–Trinajstić information content (AvgIpc) is 2.58. The lowest BCUT2D eigenvalue weighted by Gasteiger charge is -2.21. The summed E-state index contributed by atoms with van der Waals surface area (Å²) >= 11 is 0. The molecule has 0 amide bonds. The molecule has 1 aromatic rings. The highest BCUT2D eigenvalue weighted by atomic mass is 16.7. The summed E-state index contributed by atoms with van der Waals surface area (Å²) in [6, 6.07) is 6.32. The summed E-state index contributed by atoms with van der Waals surface area (Å²) in [6.45, 7) is 9.12. The van der Waals surface area contributed by atoms with Crippen LogP contribution in [0.1, 0.15) is 64.0 Å². The van der Waals surface area contributed by atoms with Gasteiger partial charge >= 0.3 is 0 Å². The molecule has 0 aliphatic rings. The Morgan fingerprint density at radius 2 is 1.96 bits per heavy atom. The van der Waals surface area contributed by atoms with E-state index in [4.69, 9.17) is 9.47 Å². The third kappa shape index (κ3) is 6.24. The summed E-state index contributed by atoms with van der Waals surface area (Å²) < 4.78 is 11.0. The fourth-order valence-electron chi connectivity index (χ4n) is 3.16. The van der Waals surface area contributed by atoms with Gasteiger partial charge in [-0.15, -0.1) is 0 Å². The number of hydrogen-bond acceptors (Lipinski definition) is 3. The van der Waals surface area contributed by atoms with Crippen molar-refractivity contribution in [1.29, 1.82) is 0 Å². The number of likely N-dealkylation sites (N-methyl/N-ethyl adjacent to an activating group) is 1. The van der Waals surface area contributed by atoms with Gasteiger partial charge in [0.2, 0.25) is 0 Å². The lowest BCUT2D eigenvalue weighted by molar-refractivity contribution is 0.0509. The molecule has 140 valence electrons. The monoisotopic (exact) mass is 345 g/mol.